The van der Waals surface area contributed by atoms with Crippen LogP contribution in [-0.4, -0.2) is 62.2 Å². The number of carbonyl (C=O) groups is 2. The van der Waals surface area contributed by atoms with Crippen LogP contribution in [-0.2, 0) is 19.7 Å². The van der Waals surface area contributed by atoms with Crippen LogP contribution in [0.4, 0.5) is 11.4 Å². The number of amides is 2. The van der Waals surface area contributed by atoms with Crippen LogP contribution >= 0.6 is 0 Å². The number of likely N-dealkylation sites (tertiary alicyclic amines) is 1. The lowest BCUT2D eigenvalue weighted by Crippen LogP contribution is -2.57. The second-order valence-electron chi connectivity index (χ2n) is 14.9. The molecule has 2 aromatic rings. The molecule has 0 saturated carbocycles. The Morgan fingerprint density at radius 3 is 1.65 bits per heavy atom. The Balaban J connectivity index is 0.00000168. The van der Waals surface area contributed by atoms with Crippen molar-refractivity contribution in [2.75, 3.05) is 32.6 Å². The van der Waals surface area contributed by atoms with E-state index >= 15 is 0 Å². The fourth-order valence-electron chi connectivity index (χ4n) is 7.42. The van der Waals surface area contributed by atoms with E-state index in [2.05, 4.69) is 81.2 Å². The topological polar surface area (TPSA) is 107 Å². The van der Waals surface area contributed by atoms with Crippen LogP contribution in [0.1, 0.15) is 145 Å². The average molecular weight is 728 g/mol. The molecule has 2 amide bonds. The van der Waals surface area contributed by atoms with Crippen molar-refractivity contribution in [3.63, 3.8) is 0 Å². The van der Waals surface area contributed by atoms with Gasteiger partial charge >= 0.3 is 0 Å². The third-order valence-electron chi connectivity index (χ3n) is 10.0. The number of nitrogens with one attached hydrogen (secondary N) is 1. The molecule has 0 spiro atoms. The zero-order valence-corrected chi connectivity index (χ0v) is 33.7. The molecular weight excluding hydrogens is 659 g/mol. The fourth-order valence-corrected chi connectivity index (χ4v) is 7.42. The van der Waals surface area contributed by atoms with E-state index in [9.17, 15) is 9.59 Å². The van der Waals surface area contributed by atoms with Crippen LogP contribution in [0.2, 0.25) is 0 Å². The highest BCUT2D eigenvalue weighted by Crippen LogP contribution is 2.40. The summed E-state index contributed by atoms with van der Waals surface area (Å²) in [6, 6.07) is 13.4. The quantitative estimate of drug-likeness (QED) is 0.0739. The van der Waals surface area contributed by atoms with Gasteiger partial charge in [0.2, 0.25) is 11.8 Å². The van der Waals surface area contributed by atoms with Gasteiger partial charge in [-0.1, -0.05) is 126 Å². The third-order valence-corrected chi connectivity index (χ3v) is 10.0. The van der Waals surface area contributed by atoms with Gasteiger partial charge in [-0.3, -0.25) is 14.5 Å². The van der Waals surface area contributed by atoms with E-state index < -0.39 is 10.1 Å². The summed E-state index contributed by atoms with van der Waals surface area (Å²) in [4.78, 5) is 28.2. The van der Waals surface area contributed by atoms with Crippen LogP contribution in [0.5, 0.6) is 0 Å². The summed E-state index contributed by atoms with van der Waals surface area (Å²) in [5, 5.41) is 3.28. The number of rotatable bonds is 22. The summed E-state index contributed by atoms with van der Waals surface area (Å²) >= 11 is 0. The second-order valence-corrected chi connectivity index (χ2v) is 16.3. The molecule has 51 heavy (non-hydrogen) atoms. The molecule has 288 valence electrons. The maximum Gasteiger partial charge on any atom is 0.226 e. The van der Waals surface area contributed by atoms with Gasteiger partial charge in [-0.25, -0.2) is 12.9 Å². The van der Waals surface area contributed by atoms with Crippen LogP contribution in [0.3, 0.4) is 0 Å². The number of hydrogen-bond donors (Lipinski definition) is 1. The van der Waals surface area contributed by atoms with Crippen LogP contribution < -0.4 is 9.80 Å². The van der Waals surface area contributed by atoms with Gasteiger partial charge in [0.15, 0.2) is 6.67 Å². The van der Waals surface area contributed by atoms with E-state index in [0.717, 1.165) is 32.2 Å². The van der Waals surface area contributed by atoms with Crippen molar-refractivity contribution in [2.24, 2.45) is 0 Å². The van der Waals surface area contributed by atoms with Crippen LogP contribution in [0, 0.1) is 27.7 Å². The first-order valence-electron chi connectivity index (χ1n) is 19.7. The molecule has 1 N–H and O–H groups in total. The SMILES string of the molecule is CCCCCCCCCCCCCCCCC(=O)NCC[N+](CN1CCCCC1=O)(c1ccc(C)cc1C)c1ccc(C)cc1C.CS(=O)(=O)[O-]. The first-order valence-corrected chi connectivity index (χ1v) is 21.6. The lowest BCUT2D eigenvalue weighted by Gasteiger charge is -2.43. The lowest BCUT2D eigenvalue weighted by molar-refractivity contribution is -0.135. The van der Waals surface area contributed by atoms with Gasteiger partial charge in [0, 0.05) is 48.9 Å². The summed E-state index contributed by atoms with van der Waals surface area (Å²) in [5.74, 6) is 0.387. The van der Waals surface area contributed by atoms with Gasteiger partial charge in [0.05, 0.1) is 16.7 Å². The van der Waals surface area contributed by atoms with E-state index in [-0.39, 0.29) is 11.8 Å². The molecule has 8 nitrogen and oxygen atoms in total. The highest BCUT2D eigenvalue weighted by molar-refractivity contribution is 7.84. The van der Waals surface area contributed by atoms with Crippen molar-refractivity contribution in [1.29, 1.82) is 0 Å². The Bertz CT molecular complexity index is 1380. The molecule has 3 rings (SSSR count). The van der Waals surface area contributed by atoms with Gasteiger partial charge in [-0.2, -0.15) is 0 Å². The van der Waals surface area contributed by atoms with Crippen molar-refractivity contribution in [3.05, 3.63) is 58.7 Å². The molecule has 1 aliphatic heterocycles. The molecule has 9 heteroatoms. The molecule has 0 aromatic heterocycles. The van der Waals surface area contributed by atoms with Gasteiger partial charge < -0.3 is 9.87 Å². The minimum atomic E-state index is -3.92. The van der Waals surface area contributed by atoms with Gasteiger partial charge in [0.1, 0.15) is 17.9 Å². The first kappa shape index (κ1) is 44.4. The molecule has 1 heterocycles. The van der Waals surface area contributed by atoms with Crippen molar-refractivity contribution >= 4 is 33.3 Å². The number of aryl methyl sites for hydroxylation is 4. The van der Waals surface area contributed by atoms with Crippen molar-refractivity contribution in [3.8, 4) is 0 Å². The number of quaternary nitrogens is 1. The Labute approximate surface area is 311 Å². The first-order chi connectivity index (χ1) is 24.3. The smallest absolute Gasteiger partial charge is 0.226 e. The summed E-state index contributed by atoms with van der Waals surface area (Å²) in [6.45, 7) is 13.6. The Kier molecular flexibility index (Phi) is 20.7. The molecule has 0 radical (unpaired) electrons. The van der Waals surface area contributed by atoms with E-state index in [1.54, 1.807) is 0 Å². The van der Waals surface area contributed by atoms with Crippen LogP contribution in [0.25, 0.3) is 0 Å². The number of benzene rings is 2. The summed E-state index contributed by atoms with van der Waals surface area (Å²) < 4.78 is 27.8. The molecular formula is C42H69N3O5S. The largest absolute Gasteiger partial charge is 0.748 e. The molecule has 0 atom stereocenters. The normalized spacial score (nSPS) is 13.5. The number of nitrogens with zero attached hydrogens (tertiary/aromatic N) is 2. The molecule has 1 aliphatic rings. The molecule has 1 saturated heterocycles. The lowest BCUT2D eigenvalue weighted by atomic mass is 10.0. The highest BCUT2D eigenvalue weighted by Gasteiger charge is 2.39. The molecule has 2 aromatic carbocycles. The second kappa shape index (κ2) is 23.7. The summed E-state index contributed by atoms with van der Waals surface area (Å²) in [6.07, 6.45) is 22.3. The minimum absolute atomic E-state index is 0.146. The van der Waals surface area contributed by atoms with Gasteiger partial charge in [-0.15, -0.1) is 0 Å². The van der Waals surface area contributed by atoms with Gasteiger partial charge in [-0.05, 0) is 47.0 Å². The van der Waals surface area contributed by atoms with Crippen molar-refractivity contribution in [1.82, 2.24) is 14.7 Å². The number of carbonyl (C=O) groups excluding carboxylic acids is 2. The predicted molar refractivity (Wildman–Crippen MR) is 212 cm³/mol. The fraction of sp³-hybridized carbons (Fsp3) is 0.667. The maximum atomic E-state index is 13.2. The zero-order valence-electron chi connectivity index (χ0n) is 32.9. The Morgan fingerprint density at radius 2 is 1.22 bits per heavy atom. The number of piperidine rings is 1. The highest BCUT2D eigenvalue weighted by atomic mass is 32.2. The molecule has 0 aliphatic carbocycles. The van der Waals surface area contributed by atoms with Crippen molar-refractivity contribution < 1.29 is 22.6 Å². The molecule has 0 unspecified atom stereocenters. The zero-order chi connectivity index (χ0) is 37.7. The number of unbranched alkanes of at least 4 members (excludes halogenated alkanes) is 13. The van der Waals surface area contributed by atoms with Gasteiger partial charge in [0.25, 0.3) is 0 Å². The van der Waals surface area contributed by atoms with E-state index in [0.29, 0.717) is 43.3 Å². The van der Waals surface area contributed by atoms with E-state index in [1.807, 2.05) is 0 Å². The predicted octanol–water partition coefficient (Wildman–Crippen LogP) is 9.68. The Morgan fingerprint density at radius 1 is 0.765 bits per heavy atom. The third kappa shape index (κ3) is 17.5. The minimum Gasteiger partial charge on any atom is -0.748 e. The van der Waals surface area contributed by atoms with Crippen LogP contribution in [0.15, 0.2) is 36.4 Å². The average Bonchev–Trinajstić information content (AvgIpc) is 3.05. The molecule has 1 fully saturated rings. The van der Waals surface area contributed by atoms with E-state index in [4.69, 9.17) is 13.0 Å². The molecule has 0 bridgehead atoms. The summed E-state index contributed by atoms with van der Waals surface area (Å²) in [7, 11) is -3.92. The standard InChI is InChI=1S/C41H65N3O2.CH4O3S/c1-6-7-8-9-10-11-12-13-14-15-16-17-18-19-22-40(45)42-28-30-44(33-43-29-21-20-23-41(43)46,38-26-24-34(2)31-36(38)4)39-27-25-35(3)32-37(39)5;1-5(2,3)4/h24-27,31-32H,6-23,28-30,33H2,1-5H3;1H3,(H,2,3,4). The Hall–Kier alpha value is -2.75. The maximum absolute atomic E-state index is 13.2. The van der Waals surface area contributed by atoms with Crippen molar-refractivity contribution in [2.45, 2.75) is 150 Å². The number of hydrogen-bond acceptors (Lipinski definition) is 5. The van der Waals surface area contributed by atoms with E-state index in [1.165, 1.54) is 111 Å². The summed E-state index contributed by atoms with van der Waals surface area (Å²) in [5.41, 5.74) is 7.32. The monoisotopic (exact) mass is 727 g/mol.